The van der Waals surface area contributed by atoms with Gasteiger partial charge in [-0.1, -0.05) is 18.6 Å². The van der Waals surface area contributed by atoms with Gasteiger partial charge in [-0.05, 0) is 38.3 Å². The number of nitrogens with two attached hydrogens (primary N) is 1. The number of halogens is 1. The van der Waals surface area contributed by atoms with Gasteiger partial charge in [0.2, 0.25) is 0 Å². The summed E-state index contributed by atoms with van der Waals surface area (Å²) >= 11 is 0. The normalized spacial score (nSPS) is 22.4. The number of carboxylic acid groups (broad SMARTS) is 1. The third-order valence-corrected chi connectivity index (χ3v) is 6.19. The van der Waals surface area contributed by atoms with E-state index in [2.05, 4.69) is 6.07 Å². The average molecular weight is 426 g/mol. The molecule has 7 nitrogen and oxygen atoms in total. The molecule has 2 heterocycles. The lowest BCUT2D eigenvalue weighted by molar-refractivity contribution is -0.134. The Labute approximate surface area is 181 Å². The molecule has 0 aromatic carbocycles. The number of nitrogens with zero attached hydrogens (tertiary/aromatic N) is 3. The van der Waals surface area contributed by atoms with Crippen molar-refractivity contribution in [2.75, 3.05) is 19.6 Å². The number of hydrogen-bond donors (Lipinski definition) is 2. The van der Waals surface area contributed by atoms with Gasteiger partial charge in [-0.25, -0.2) is 9.18 Å². The van der Waals surface area contributed by atoms with Crippen molar-refractivity contribution in [1.82, 2.24) is 9.80 Å². The molecule has 0 radical (unpaired) electrons. The molecule has 3 aliphatic rings. The average Bonchev–Trinajstić information content (AvgIpc) is 2.94. The lowest BCUT2D eigenvalue weighted by Gasteiger charge is -2.38. The molecule has 2 unspecified atom stereocenters. The van der Waals surface area contributed by atoms with E-state index in [1.807, 2.05) is 18.7 Å². The van der Waals surface area contributed by atoms with Crippen LogP contribution < -0.4 is 5.73 Å². The Kier molecular flexibility index (Phi) is 6.76. The second kappa shape index (κ2) is 9.31. The van der Waals surface area contributed by atoms with E-state index in [1.165, 1.54) is 12.3 Å². The Hall–Kier alpha value is -3.18. The molecule has 1 fully saturated rings. The molecule has 31 heavy (non-hydrogen) atoms. The minimum Gasteiger partial charge on any atom is -0.477 e. The first-order valence-electron chi connectivity index (χ1n) is 10.4. The number of allylic oxidation sites excluding steroid dienone is 3. The highest BCUT2D eigenvalue weighted by Gasteiger charge is 2.37. The zero-order valence-corrected chi connectivity index (χ0v) is 17.8. The zero-order chi connectivity index (χ0) is 22.7. The summed E-state index contributed by atoms with van der Waals surface area (Å²) in [4.78, 5) is 28.1. The number of nitriles is 1. The molecule has 0 spiro atoms. The van der Waals surface area contributed by atoms with Gasteiger partial charge in [0.1, 0.15) is 11.4 Å². The number of likely N-dealkylation sites (tertiary alicyclic amines) is 1. The van der Waals surface area contributed by atoms with Crippen LogP contribution in [0.15, 0.2) is 58.2 Å². The van der Waals surface area contributed by atoms with Gasteiger partial charge in [0, 0.05) is 43.0 Å². The first-order chi connectivity index (χ1) is 14.8. The first-order valence-corrected chi connectivity index (χ1v) is 10.4. The predicted molar refractivity (Wildman–Crippen MR) is 114 cm³/mol. The Bertz CT molecular complexity index is 973. The van der Waals surface area contributed by atoms with Gasteiger partial charge in [0.15, 0.2) is 5.78 Å². The molecule has 0 amide bonds. The fourth-order valence-electron chi connectivity index (χ4n) is 4.17. The number of carbonyl (C=O) groups is 2. The smallest absolute Gasteiger partial charge is 0.341 e. The van der Waals surface area contributed by atoms with Gasteiger partial charge in [-0.15, -0.1) is 0 Å². The number of hydrogen-bond acceptors (Lipinski definition) is 6. The summed E-state index contributed by atoms with van der Waals surface area (Å²) in [5, 5.41) is 18.7. The summed E-state index contributed by atoms with van der Waals surface area (Å²) in [7, 11) is 0. The van der Waals surface area contributed by atoms with Crippen molar-refractivity contribution in [3.05, 3.63) is 58.2 Å². The number of aliphatic carboxylic acids is 1. The quantitative estimate of drug-likeness (QED) is 0.513. The SMILES string of the molecule is CCC(C)N1C=C(C(=O)O)C(=O)C2=CC(F)=C(N3CCC(=C(C#N)CN)CC3)C=CC21. The second-order valence-electron chi connectivity index (χ2n) is 7.90. The maximum atomic E-state index is 15.3. The molecule has 0 bridgehead atoms. The molecule has 1 saturated heterocycles. The summed E-state index contributed by atoms with van der Waals surface area (Å²) in [5.41, 5.74) is 7.34. The molecule has 0 saturated carbocycles. The third-order valence-electron chi connectivity index (χ3n) is 6.19. The number of rotatable bonds is 5. The van der Waals surface area contributed by atoms with Gasteiger partial charge >= 0.3 is 5.97 Å². The van der Waals surface area contributed by atoms with Crippen LogP contribution in [0.3, 0.4) is 0 Å². The highest BCUT2D eigenvalue weighted by atomic mass is 19.1. The number of carbonyl (C=O) groups excluding carboxylic acids is 1. The molecule has 8 heteroatoms. The fraction of sp³-hybridized carbons (Fsp3) is 0.435. The third kappa shape index (κ3) is 4.32. The molecule has 2 aliphatic heterocycles. The van der Waals surface area contributed by atoms with E-state index in [0.717, 1.165) is 12.0 Å². The van der Waals surface area contributed by atoms with Crippen molar-refractivity contribution in [3.8, 4) is 6.07 Å². The number of piperidine rings is 1. The fourth-order valence-corrected chi connectivity index (χ4v) is 4.17. The molecule has 2 atom stereocenters. The first kappa shape index (κ1) is 22.5. The molecule has 3 N–H and O–H groups in total. The molecular weight excluding hydrogens is 399 g/mol. The van der Waals surface area contributed by atoms with Crippen LogP contribution in [0.1, 0.15) is 33.1 Å². The van der Waals surface area contributed by atoms with Crippen LogP contribution in [0.5, 0.6) is 0 Å². The minimum atomic E-state index is -1.32. The maximum absolute atomic E-state index is 15.3. The van der Waals surface area contributed by atoms with Crippen molar-refractivity contribution >= 4 is 11.8 Å². The number of ketones is 1. The zero-order valence-electron chi connectivity index (χ0n) is 17.8. The predicted octanol–water partition coefficient (Wildman–Crippen LogP) is 2.56. The van der Waals surface area contributed by atoms with Crippen molar-refractivity contribution in [3.63, 3.8) is 0 Å². The summed E-state index contributed by atoms with van der Waals surface area (Å²) < 4.78 is 15.3. The molecule has 1 aliphatic carbocycles. The molecule has 0 aromatic rings. The van der Waals surface area contributed by atoms with Gasteiger partial charge in [0.25, 0.3) is 0 Å². The Morgan fingerprint density at radius 3 is 2.65 bits per heavy atom. The van der Waals surface area contributed by atoms with Crippen LogP contribution in [-0.2, 0) is 9.59 Å². The topological polar surface area (TPSA) is 111 Å². The van der Waals surface area contributed by atoms with Gasteiger partial charge in [-0.2, -0.15) is 5.26 Å². The second-order valence-corrected chi connectivity index (χ2v) is 7.90. The lowest BCUT2D eigenvalue weighted by Crippen LogP contribution is -2.44. The molecule has 3 rings (SSSR count). The van der Waals surface area contributed by atoms with Crippen molar-refractivity contribution < 1.29 is 19.1 Å². The van der Waals surface area contributed by atoms with Crippen LogP contribution >= 0.6 is 0 Å². The highest BCUT2D eigenvalue weighted by molar-refractivity contribution is 6.24. The number of Topliss-reactive ketones (excluding diaryl/α,β-unsaturated/α-hetero) is 1. The standard InChI is InChI=1S/C23H27FN4O3/c1-3-14(2)28-13-18(23(30)31)22(29)17-10-19(24)21(5-4-20(17)28)27-8-6-15(7-9-27)16(11-25)12-26/h4-5,10,13-14,20H,3,6-9,11,25H2,1-2H3,(H,30,31). The van der Waals surface area contributed by atoms with E-state index in [0.29, 0.717) is 37.2 Å². The van der Waals surface area contributed by atoms with Crippen LogP contribution in [0.4, 0.5) is 4.39 Å². The highest BCUT2D eigenvalue weighted by Crippen LogP contribution is 2.33. The number of carboxylic acids is 1. The largest absolute Gasteiger partial charge is 0.477 e. The van der Waals surface area contributed by atoms with Crippen LogP contribution in [0.25, 0.3) is 0 Å². The molecular formula is C23H27FN4O3. The van der Waals surface area contributed by atoms with Crippen LogP contribution in [0.2, 0.25) is 0 Å². The van der Waals surface area contributed by atoms with Crippen LogP contribution in [-0.4, -0.2) is 58.4 Å². The summed E-state index contributed by atoms with van der Waals surface area (Å²) in [5.74, 6) is -2.55. The maximum Gasteiger partial charge on any atom is 0.341 e. The van der Waals surface area contributed by atoms with E-state index in [-0.39, 0.29) is 23.7 Å². The summed E-state index contributed by atoms with van der Waals surface area (Å²) in [6.07, 6.45) is 7.97. The van der Waals surface area contributed by atoms with Crippen molar-refractivity contribution in [1.29, 1.82) is 5.26 Å². The number of fused-ring (bicyclic) bond motifs is 1. The van der Waals surface area contributed by atoms with Gasteiger partial charge < -0.3 is 20.6 Å². The monoisotopic (exact) mass is 426 g/mol. The summed E-state index contributed by atoms with van der Waals surface area (Å²) in [6.45, 7) is 5.17. The minimum absolute atomic E-state index is 0.0338. The van der Waals surface area contributed by atoms with E-state index < -0.39 is 23.6 Å². The lowest BCUT2D eigenvalue weighted by atomic mass is 9.91. The van der Waals surface area contributed by atoms with E-state index in [1.54, 1.807) is 17.1 Å². The van der Waals surface area contributed by atoms with Crippen molar-refractivity contribution in [2.24, 2.45) is 5.73 Å². The molecule has 0 aromatic heterocycles. The Morgan fingerprint density at radius 2 is 2.10 bits per heavy atom. The van der Waals surface area contributed by atoms with Gasteiger partial charge in [-0.3, -0.25) is 4.79 Å². The van der Waals surface area contributed by atoms with Crippen LogP contribution in [0, 0.1) is 11.3 Å². The van der Waals surface area contributed by atoms with Crippen molar-refractivity contribution in [2.45, 2.75) is 45.2 Å². The Morgan fingerprint density at radius 1 is 1.42 bits per heavy atom. The van der Waals surface area contributed by atoms with Gasteiger partial charge in [0.05, 0.1) is 17.8 Å². The molecule has 164 valence electrons. The Balaban J connectivity index is 1.95. The van der Waals surface area contributed by atoms with E-state index >= 15 is 4.39 Å². The summed E-state index contributed by atoms with van der Waals surface area (Å²) in [6, 6.07) is 1.57. The van der Waals surface area contributed by atoms with E-state index in [9.17, 15) is 20.0 Å². The van der Waals surface area contributed by atoms with E-state index in [4.69, 9.17) is 5.73 Å².